The quantitative estimate of drug-likeness (QED) is 0.910. The number of carboxylic acid groups (broad SMARTS) is 1. The summed E-state index contributed by atoms with van der Waals surface area (Å²) in [5.74, 6) is -0.850. The number of nitrogens with zero attached hydrogens (tertiary/aromatic N) is 3. The number of aryl methyl sites for hydroxylation is 1. The van der Waals surface area contributed by atoms with Crippen LogP contribution in [0.4, 0.5) is 5.13 Å². The Kier molecular flexibility index (Phi) is 3.45. The molecule has 5 nitrogen and oxygen atoms in total. The number of hydrogen-bond donors (Lipinski definition) is 1. The minimum atomic E-state index is -0.850. The normalized spacial score (nSPS) is 20.8. The first-order valence-corrected chi connectivity index (χ1v) is 7.72. The molecule has 0 aromatic carbocycles. The summed E-state index contributed by atoms with van der Waals surface area (Å²) in [4.78, 5) is 20.9. The van der Waals surface area contributed by atoms with Crippen LogP contribution in [0.1, 0.15) is 35.1 Å². The van der Waals surface area contributed by atoms with Gasteiger partial charge < -0.3 is 10.0 Å². The van der Waals surface area contributed by atoms with Gasteiger partial charge in [-0.2, -0.15) is 0 Å². The molecule has 2 aliphatic rings. The number of aromatic nitrogens is 1. The summed E-state index contributed by atoms with van der Waals surface area (Å²) in [6, 6.07) is 0.819. The highest BCUT2D eigenvalue weighted by Crippen LogP contribution is 2.31. The molecule has 19 heavy (non-hydrogen) atoms. The van der Waals surface area contributed by atoms with Crippen LogP contribution in [-0.4, -0.2) is 53.2 Å². The second-order valence-electron chi connectivity index (χ2n) is 5.19. The van der Waals surface area contributed by atoms with Crippen molar-refractivity contribution < 1.29 is 9.90 Å². The number of thiazole rings is 1. The smallest absolute Gasteiger partial charge is 0.347 e. The molecule has 6 heteroatoms. The first kappa shape index (κ1) is 12.9. The molecule has 2 heterocycles. The van der Waals surface area contributed by atoms with Crippen molar-refractivity contribution in [3.05, 3.63) is 10.6 Å². The van der Waals surface area contributed by atoms with Gasteiger partial charge in [-0.3, -0.25) is 4.90 Å². The minimum Gasteiger partial charge on any atom is -0.477 e. The molecule has 0 amide bonds. The predicted octanol–water partition coefficient (Wildman–Crippen LogP) is 1.69. The van der Waals surface area contributed by atoms with E-state index in [0.29, 0.717) is 11.3 Å². The SMILES string of the molecule is CCc1nc(N2CCN(C3CC3)CC2)sc1C(=O)O. The van der Waals surface area contributed by atoms with Gasteiger partial charge >= 0.3 is 5.97 Å². The number of aromatic carboxylic acids is 1. The van der Waals surface area contributed by atoms with Gasteiger partial charge in [0.15, 0.2) is 5.13 Å². The number of piperazine rings is 1. The molecule has 1 aliphatic carbocycles. The zero-order chi connectivity index (χ0) is 13.4. The van der Waals surface area contributed by atoms with Crippen molar-refractivity contribution in [3.63, 3.8) is 0 Å². The lowest BCUT2D eigenvalue weighted by Crippen LogP contribution is -2.47. The third-order valence-electron chi connectivity index (χ3n) is 3.86. The van der Waals surface area contributed by atoms with Crippen molar-refractivity contribution in [1.29, 1.82) is 0 Å². The zero-order valence-corrected chi connectivity index (χ0v) is 11.9. The highest BCUT2D eigenvalue weighted by Gasteiger charge is 2.32. The molecular formula is C13H19N3O2S. The van der Waals surface area contributed by atoms with Crippen LogP contribution in [0, 0.1) is 0 Å². The van der Waals surface area contributed by atoms with E-state index in [0.717, 1.165) is 43.0 Å². The second-order valence-corrected chi connectivity index (χ2v) is 6.16. The van der Waals surface area contributed by atoms with Crippen molar-refractivity contribution in [1.82, 2.24) is 9.88 Å². The van der Waals surface area contributed by atoms with Crippen LogP contribution in [0.3, 0.4) is 0 Å². The van der Waals surface area contributed by atoms with Gasteiger partial charge in [-0.05, 0) is 19.3 Å². The maximum atomic E-state index is 11.2. The highest BCUT2D eigenvalue weighted by molar-refractivity contribution is 7.17. The molecular weight excluding hydrogens is 262 g/mol. The summed E-state index contributed by atoms with van der Waals surface area (Å²) in [5.41, 5.74) is 0.720. The first-order chi connectivity index (χ1) is 9.19. The van der Waals surface area contributed by atoms with Crippen molar-refractivity contribution in [3.8, 4) is 0 Å². The molecule has 1 saturated heterocycles. The summed E-state index contributed by atoms with van der Waals surface area (Å²) >= 11 is 1.32. The fourth-order valence-corrected chi connectivity index (χ4v) is 3.64. The highest BCUT2D eigenvalue weighted by atomic mass is 32.1. The fourth-order valence-electron chi connectivity index (χ4n) is 2.60. The standard InChI is InChI=1S/C13H19N3O2S/c1-2-10-11(12(17)18)19-13(14-10)16-7-5-15(6-8-16)9-3-4-9/h9H,2-8H2,1H3,(H,17,18). The number of hydrogen-bond acceptors (Lipinski definition) is 5. The molecule has 1 aromatic rings. The lowest BCUT2D eigenvalue weighted by molar-refractivity contribution is 0.0701. The molecule has 0 radical (unpaired) electrons. The van der Waals surface area contributed by atoms with Gasteiger partial charge in [0.25, 0.3) is 0 Å². The molecule has 0 atom stereocenters. The van der Waals surface area contributed by atoms with E-state index in [1.165, 1.54) is 24.2 Å². The van der Waals surface area contributed by atoms with Crippen molar-refractivity contribution in [2.75, 3.05) is 31.1 Å². The number of carboxylic acids is 1. The van der Waals surface area contributed by atoms with E-state index in [2.05, 4.69) is 14.8 Å². The van der Waals surface area contributed by atoms with Gasteiger partial charge in [-0.1, -0.05) is 18.3 Å². The van der Waals surface area contributed by atoms with Gasteiger partial charge in [0.05, 0.1) is 5.69 Å². The lowest BCUT2D eigenvalue weighted by atomic mass is 10.3. The van der Waals surface area contributed by atoms with Gasteiger partial charge in [-0.25, -0.2) is 9.78 Å². The van der Waals surface area contributed by atoms with Crippen molar-refractivity contribution in [2.45, 2.75) is 32.2 Å². The molecule has 1 aliphatic heterocycles. The second kappa shape index (κ2) is 5.09. The van der Waals surface area contributed by atoms with E-state index in [4.69, 9.17) is 0 Å². The Bertz CT molecular complexity index is 476. The van der Waals surface area contributed by atoms with Crippen LogP contribution in [0.5, 0.6) is 0 Å². The molecule has 1 saturated carbocycles. The van der Waals surface area contributed by atoms with E-state index < -0.39 is 5.97 Å². The van der Waals surface area contributed by atoms with Crippen LogP contribution in [0.25, 0.3) is 0 Å². The summed E-state index contributed by atoms with van der Waals surface area (Å²) in [7, 11) is 0. The van der Waals surface area contributed by atoms with Gasteiger partial charge in [-0.15, -0.1) is 0 Å². The fraction of sp³-hybridized carbons (Fsp3) is 0.692. The third kappa shape index (κ3) is 2.60. The Morgan fingerprint density at radius 2 is 2.05 bits per heavy atom. The van der Waals surface area contributed by atoms with E-state index in [-0.39, 0.29) is 0 Å². The van der Waals surface area contributed by atoms with Gasteiger partial charge in [0, 0.05) is 32.2 Å². The van der Waals surface area contributed by atoms with Crippen LogP contribution in [-0.2, 0) is 6.42 Å². The van der Waals surface area contributed by atoms with Gasteiger partial charge in [0.2, 0.25) is 0 Å². The first-order valence-electron chi connectivity index (χ1n) is 6.91. The largest absolute Gasteiger partial charge is 0.477 e. The topological polar surface area (TPSA) is 56.7 Å². The Hall–Kier alpha value is -1.14. The summed E-state index contributed by atoms with van der Waals surface area (Å²) in [6.45, 7) is 6.04. The van der Waals surface area contributed by atoms with E-state index in [1.54, 1.807) is 0 Å². The summed E-state index contributed by atoms with van der Waals surface area (Å²) < 4.78 is 0. The maximum Gasteiger partial charge on any atom is 0.347 e. The Morgan fingerprint density at radius 1 is 1.37 bits per heavy atom. The molecule has 1 N–H and O–H groups in total. The average Bonchev–Trinajstić information content (AvgIpc) is 3.17. The van der Waals surface area contributed by atoms with Crippen molar-refractivity contribution >= 4 is 22.4 Å². The number of anilines is 1. The summed E-state index contributed by atoms with van der Waals surface area (Å²) in [5, 5.41) is 10.1. The molecule has 1 aromatic heterocycles. The van der Waals surface area contributed by atoms with E-state index in [9.17, 15) is 9.90 Å². The zero-order valence-electron chi connectivity index (χ0n) is 11.1. The minimum absolute atomic E-state index is 0.405. The Balaban J connectivity index is 1.70. The van der Waals surface area contributed by atoms with Crippen LogP contribution in [0.2, 0.25) is 0 Å². The molecule has 0 spiro atoms. The molecule has 2 fully saturated rings. The van der Waals surface area contributed by atoms with Crippen LogP contribution >= 0.6 is 11.3 Å². The molecule has 0 bridgehead atoms. The van der Waals surface area contributed by atoms with Crippen LogP contribution in [0.15, 0.2) is 0 Å². The van der Waals surface area contributed by atoms with Crippen molar-refractivity contribution in [2.24, 2.45) is 0 Å². The number of carbonyl (C=O) groups is 1. The number of rotatable bonds is 4. The maximum absolute atomic E-state index is 11.2. The molecule has 0 unspecified atom stereocenters. The average molecular weight is 281 g/mol. The molecule has 3 rings (SSSR count). The monoisotopic (exact) mass is 281 g/mol. The van der Waals surface area contributed by atoms with Crippen LogP contribution < -0.4 is 4.90 Å². The van der Waals surface area contributed by atoms with E-state index in [1.807, 2.05) is 6.92 Å². The lowest BCUT2D eigenvalue weighted by Gasteiger charge is -2.34. The third-order valence-corrected chi connectivity index (χ3v) is 5.01. The van der Waals surface area contributed by atoms with Gasteiger partial charge in [0.1, 0.15) is 4.88 Å². The summed E-state index contributed by atoms with van der Waals surface area (Å²) in [6.07, 6.45) is 3.38. The Labute approximate surface area is 116 Å². The molecule has 104 valence electrons. The Morgan fingerprint density at radius 3 is 2.53 bits per heavy atom. The van der Waals surface area contributed by atoms with E-state index >= 15 is 0 Å². The predicted molar refractivity (Wildman–Crippen MR) is 75.3 cm³/mol.